The van der Waals surface area contributed by atoms with Crippen LogP contribution in [0.4, 0.5) is 10.2 Å². The molecule has 0 saturated carbocycles. The summed E-state index contributed by atoms with van der Waals surface area (Å²) in [4.78, 5) is 23.5. The Morgan fingerprint density at radius 2 is 2.41 bits per heavy atom. The van der Waals surface area contributed by atoms with E-state index in [0.717, 1.165) is 17.5 Å². The average Bonchev–Trinajstić information content (AvgIpc) is 2.36. The molecule has 1 heterocycles. The third kappa shape index (κ3) is 3.20. The maximum absolute atomic E-state index is 13.4. The molecule has 0 spiro atoms. The predicted molar refractivity (Wildman–Crippen MR) is 56.4 cm³/mol. The molecule has 0 aliphatic heterocycles. The molecule has 0 aliphatic carbocycles. The first-order valence-corrected chi connectivity index (χ1v) is 4.51. The Balaban J connectivity index is 3.06. The Hall–Kier alpha value is -2.06. The minimum Gasteiger partial charge on any atom is -0.290 e. The van der Waals surface area contributed by atoms with Crippen molar-refractivity contribution < 1.29 is 19.2 Å². The minimum atomic E-state index is -0.783. The zero-order chi connectivity index (χ0) is 12.8. The number of hydroxylamine groups is 3. The van der Waals surface area contributed by atoms with E-state index in [1.165, 1.54) is 20.2 Å². The second-order valence-corrected chi connectivity index (χ2v) is 2.87. The van der Waals surface area contributed by atoms with Gasteiger partial charge < -0.3 is 0 Å². The number of nitrogens with one attached hydrogen (secondary N) is 1. The average molecular weight is 242 g/mol. The highest BCUT2D eigenvalue weighted by Gasteiger charge is 2.18. The fraction of sp³-hybridized carbons (Fsp3) is 0.222. The van der Waals surface area contributed by atoms with E-state index in [4.69, 9.17) is 5.21 Å². The number of amides is 1. The summed E-state index contributed by atoms with van der Waals surface area (Å²) >= 11 is 0. The fourth-order valence-corrected chi connectivity index (χ4v) is 0.981. The van der Waals surface area contributed by atoms with Gasteiger partial charge in [-0.15, -0.1) is 0 Å². The van der Waals surface area contributed by atoms with Gasteiger partial charge in [0.1, 0.15) is 6.34 Å². The molecule has 1 rings (SSSR count). The number of rotatable bonds is 4. The van der Waals surface area contributed by atoms with Gasteiger partial charge in [-0.25, -0.2) is 19.4 Å². The lowest BCUT2D eigenvalue weighted by atomic mass is 10.3. The minimum absolute atomic E-state index is 0.0702. The molecular weight excluding hydrogens is 231 g/mol. The Morgan fingerprint density at radius 1 is 1.71 bits per heavy atom. The lowest BCUT2D eigenvalue weighted by Crippen LogP contribution is -2.27. The quantitative estimate of drug-likeness (QED) is 0.456. The maximum Gasteiger partial charge on any atom is 0.298 e. The summed E-state index contributed by atoms with van der Waals surface area (Å²) < 4.78 is 13.4. The van der Waals surface area contributed by atoms with Crippen molar-refractivity contribution in [2.75, 3.05) is 14.2 Å². The van der Waals surface area contributed by atoms with Gasteiger partial charge in [-0.05, 0) is 12.1 Å². The van der Waals surface area contributed by atoms with Crippen LogP contribution in [0.1, 0.15) is 10.5 Å². The van der Waals surface area contributed by atoms with E-state index in [9.17, 15) is 9.18 Å². The van der Waals surface area contributed by atoms with E-state index >= 15 is 0 Å². The highest BCUT2D eigenvalue weighted by Crippen LogP contribution is 2.13. The summed E-state index contributed by atoms with van der Waals surface area (Å²) in [7, 11) is 2.60. The van der Waals surface area contributed by atoms with Crippen molar-refractivity contribution >= 4 is 18.1 Å². The summed E-state index contributed by atoms with van der Waals surface area (Å²) in [5.74, 6) is -1.45. The maximum atomic E-state index is 13.4. The number of aliphatic imine (C=N–C) groups is 1. The second-order valence-electron chi connectivity index (χ2n) is 2.87. The van der Waals surface area contributed by atoms with Crippen molar-refractivity contribution in [3.63, 3.8) is 0 Å². The molecule has 0 bridgehead atoms. The molecule has 1 aromatic rings. The van der Waals surface area contributed by atoms with Gasteiger partial charge in [0.2, 0.25) is 0 Å². The zero-order valence-electron chi connectivity index (χ0n) is 9.22. The van der Waals surface area contributed by atoms with Gasteiger partial charge in [-0.1, -0.05) is 0 Å². The highest BCUT2D eigenvalue weighted by atomic mass is 19.1. The van der Waals surface area contributed by atoms with Crippen molar-refractivity contribution in [1.29, 1.82) is 0 Å². The van der Waals surface area contributed by atoms with E-state index in [2.05, 4.69) is 14.8 Å². The largest absolute Gasteiger partial charge is 0.298 e. The topological polar surface area (TPSA) is 87.0 Å². The lowest BCUT2D eigenvalue weighted by molar-refractivity contribution is -0.0763. The monoisotopic (exact) mass is 242 g/mol. The summed E-state index contributed by atoms with van der Waals surface area (Å²) in [6.07, 6.45) is 0.939. The second kappa shape index (κ2) is 5.87. The summed E-state index contributed by atoms with van der Waals surface area (Å²) in [5.41, 5.74) is 1.25. The van der Waals surface area contributed by atoms with Crippen LogP contribution in [0.3, 0.4) is 0 Å². The Kier molecular flexibility index (Phi) is 4.49. The predicted octanol–water partition coefficient (Wildman–Crippen LogP) is 0.493. The summed E-state index contributed by atoms with van der Waals surface area (Å²) in [6, 6.07) is 2.31. The number of carbonyl (C=O) groups excluding carboxylic acids is 1. The smallest absolute Gasteiger partial charge is 0.290 e. The molecule has 7 nitrogen and oxygen atoms in total. The molecule has 8 heteroatoms. The lowest BCUT2D eigenvalue weighted by Gasteiger charge is -2.13. The zero-order valence-corrected chi connectivity index (χ0v) is 9.22. The molecule has 0 aromatic carbocycles. The number of aromatic nitrogens is 1. The molecule has 0 unspecified atom stereocenters. The van der Waals surface area contributed by atoms with Gasteiger partial charge in [0.05, 0.1) is 7.11 Å². The van der Waals surface area contributed by atoms with Crippen LogP contribution in [0.15, 0.2) is 17.1 Å². The van der Waals surface area contributed by atoms with Crippen LogP contribution in [0.5, 0.6) is 0 Å². The van der Waals surface area contributed by atoms with Crippen LogP contribution in [-0.4, -0.2) is 41.7 Å². The van der Waals surface area contributed by atoms with Gasteiger partial charge in [-0.2, -0.15) is 0 Å². The van der Waals surface area contributed by atoms with Crippen molar-refractivity contribution in [2.45, 2.75) is 0 Å². The number of carbonyl (C=O) groups is 1. The first-order chi connectivity index (χ1) is 8.10. The number of halogens is 1. The standard InChI is InChI=1S/C9H11FN4O3/c1-14(17-2)9(15)8-6(10)3-4-7(13-8)11-5-12-16/h3-5,16H,1-2H3,(H,11,12,13). The normalized spacial score (nSPS) is 10.6. The SMILES string of the molecule is CON(C)C(=O)c1nc(N=CNO)ccc1F. The van der Waals surface area contributed by atoms with Crippen LogP contribution >= 0.6 is 0 Å². The molecule has 0 aliphatic rings. The fourth-order valence-electron chi connectivity index (χ4n) is 0.981. The van der Waals surface area contributed by atoms with E-state index in [1.54, 1.807) is 5.48 Å². The van der Waals surface area contributed by atoms with Gasteiger partial charge in [0.15, 0.2) is 17.3 Å². The molecule has 1 amide bonds. The van der Waals surface area contributed by atoms with Gasteiger partial charge >= 0.3 is 0 Å². The molecule has 0 atom stereocenters. The van der Waals surface area contributed by atoms with E-state index in [0.29, 0.717) is 0 Å². The Morgan fingerprint density at radius 3 is 3.00 bits per heavy atom. The number of hydrogen-bond acceptors (Lipinski definition) is 5. The van der Waals surface area contributed by atoms with E-state index in [-0.39, 0.29) is 5.82 Å². The molecule has 0 fully saturated rings. The van der Waals surface area contributed by atoms with Crippen molar-refractivity contribution in [3.8, 4) is 0 Å². The Labute approximate surface area is 96.5 Å². The van der Waals surface area contributed by atoms with Gasteiger partial charge in [0, 0.05) is 7.05 Å². The van der Waals surface area contributed by atoms with Gasteiger partial charge in [-0.3, -0.25) is 20.3 Å². The van der Waals surface area contributed by atoms with Crippen LogP contribution in [-0.2, 0) is 4.84 Å². The third-order valence-corrected chi connectivity index (χ3v) is 1.85. The van der Waals surface area contributed by atoms with Crippen LogP contribution in [0.25, 0.3) is 0 Å². The number of nitrogens with zero attached hydrogens (tertiary/aromatic N) is 3. The molecule has 0 saturated heterocycles. The molecule has 2 N–H and O–H groups in total. The van der Waals surface area contributed by atoms with Crippen molar-refractivity contribution in [2.24, 2.45) is 4.99 Å². The molecular formula is C9H11FN4O3. The highest BCUT2D eigenvalue weighted by molar-refractivity contribution is 5.92. The van der Waals surface area contributed by atoms with E-state index in [1.807, 2.05) is 0 Å². The van der Waals surface area contributed by atoms with Crippen molar-refractivity contribution in [3.05, 3.63) is 23.6 Å². The van der Waals surface area contributed by atoms with Crippen molar-refractivity contribution in [1.82, 2.24) is 15.5 Å². The van der Waals surface area contributed by atoms with Crippen LogP contribution in [0.2, 0.25) is 0 Å². The number of hydrogen-bond donors (Lipinski definition) is 2. The first kappa shape index (κ1) is 13.0. The van der Waals surface area contributed by atoms with Crippen LogP contribution < -0.4 is 5.48 Å². The molecule has 92 valence electrons. The first-order valence-electron chi connectivity index (χ1n) is 4.51. The third-order valence-electron chi connectivity index (χ3n) is 1.85. The molecule has 1 aromatic heterocycles. The van der Waals surface area contributed by atoms with Gasteiger partial charge in [0.25, 0.3) is 5.91 Å². The molecule has 0 radical (unpaired) electrons. The van der Waals surface area contributed by atoms with Crippen LogP contribution in [0, 0.1) is 5.82 Å². The number of pyridine rings is 1. The van der Waals surface area contributed by atoms with E-state index < -0.39 is 17.4 Å². The Bertz CT molecular complexity index is 438. The molecule has 17 heavy (non-hydrogen) atoms. The summed E-state index contributed by atoms with van der Waals surface area (Å²) in [5, 5.41) is 9.13. The summed E-state index contributed by atoms with van der Waals surface area (Å²) in [6.45, 7) is 0.